The summed E-state index contributed by atoms with van der Waals surface area (Å²) in [5.74, 6) is 1.91. The second-order valence-electron chi connectivity index (χ2n) is 14.9. The molecule has 44 heavy (non-hydrogen) atoms. The number of aryl methyl sites for hydroxylation is 2. The Hall–Kier alpha value is -3.06. The Morgan fingerprint density at radius 2 is 1.66 bits per heavy atom. The van der Waals surface area contributed by atoms with Gasteiger partial charge < -0.3 is 24.4 Å². The van der Waals surface area contributed by atoms with Gasteiger partial charge in [0.05, 0.1) is 13.5 Å². The van der Waals surface area contributed by atoms with Crippen molar-refractivity contribution in [2.24, 2.45) is 16.7 Å². The quantitative estimate of drug-likeness (QED) is 0.244. The lowest BCUT2D eigenvalue weighted by Gasteiger charge is -2.58. The molecule has 7 heteroatoms. The summed E-state index contributed by atoms with van der Waals surface area (Å²) in [4.78, 5) is 28.0. The first-order chi connectivity index (χ1) is 20.8. The zero-order valence-corrected chi connectivity index (χ0v) is 28.0. The molecule has 0 radical (unpaired) electrons. The molecule has 0 heterocycles. The van der Waals surface area contributed by atoms with Gasteiger partial charge in [0.25, 0.3) is 0 Å². The minimum atomic E-state index is -0.455. The molecule has 0 aromatic heterocycles. The average Bonchev–Trinajstić information content (AvgIpc) is 2.91. The van der Waals surface area contributed by atoms with E-state index in [1.807, 2.05) is 49.3 Å². The van der Waals surface area contributed by atoms with Crippen LogP contribution in [-0.2, 0) is 27.2 Å². The van der Waals surface area contributed by atoms with Crippen LogP contribution in [0.4, 0.5) is 0 Å². The maximum atomic E-state index is 13.1. The number of nitrogens with zero attached hydrogens (tertiary/aromatic N) is 1. The number of carbonyl (C=O) groups excluding carboxylic acids is 2. The third-order valence-corrected chi connectivity index (χ3v) is 9.25. The summed E-state index contributed by atoms with van der Waals surface area (Å²) >= 11 is 0. The van der Waals surface area contributed by atoms with Gasteiger partial charge in [0.2, 0.25) is 5.91 Å². The molecule has 0 aliphatic heterocycles. The molecule has 4 rings (SSSR count). The normalized spacial score (nSPS) is 27.0. The number of hydrogen-bond donors (Lipinski definition) is 1. The van der Waals surface area contributed by atoms with Crippen LogP contribution in [-0.4, -0.2) is 62.8 Å². The van der Waals surface area contributed by atoms with Crippen LogP contribution in [0.5, 0.6) is 11.5 Å². The highest BCUT2D eigenvalue weighted by atomic mass is 16.6. The van der Waals surface area contributed by atoms with Crippen molar-refractivity contribution in [1.82, 2.24) is 10.2 Å². The van der Waals surface area contributed by atoms with E-state index in [9.17, 15) is 9.59 Å². The number of rotatable bonds is 14. The summed E-state index contributed by atoms with van der Waals surface area (Å²) in [6.45, 7) is 10.1. The first kappa shape index (κ1) is 33.8. The minimum absolute atomic E-state index is 0.0501. The highest BCUT2D eigenvalue weighted by Crippen LogP contribution is 2.59. The molecule has 2 saturated carbocycles. The largest absolute Gasteiger partial charge is 0.497 e. The van der Waals surface area contributed by atoms with Crippen molar-refractivity contribution < 1.29 is 23.8 Å². The van der Waals surface area contributed by atoms with Gasteiger partial charge in [0.1, 0.15) is 24.2 Å². The molecule has 2 aromatic carbocycles. The van der Waals surface area contributed by atoms with Gasteiger partial charge in [-0.3, -0.25) is 9.59 Å². The molecule has 1 amide bonds. The van der Waals surface area contributed by atoms with Crippen LogP contribution in [0.25, 0.3) is 0 Å². The van der Waals surface area contributed by atoms with Gasteiger partial charge in [-0.15, -0.1) is 0 Å². The number of carbonyl (C=O) groups is 2. The number of likely N-dealkylation sites (N-methyl/N-ethyl adjacent to an activating group) is 1. The first-order valence-electron chi connectivity index (χ1n) is 16.3. The number of methoxy groups -OCH3 is 1. The van der Waals surface area contributed by atoms with E-state index in [2.05, 4.69) is 51.2 Å². The van der Waals surface area contributed by atoms with Gasteiger partial charge in [0.15, 0.2) is 0 Å². The molecular weight excluding hydrogens is 552 g/mol. The summed E-state index contributed by atoms with van der Waals surface area (Å²) in [5.41, 5.74) is 2.54. The number of amides is 1. The van der Waals surface area contributed by atoms with E-state index in [4.69, 9.17) is 14.2 Å². The minimum Gasteiger partial charge on any atom is -0.497 e. The van der Waals surface area contributed by atoms with Crippen LogP contribution in [0.2, 0.25) is 0 Å². The number of nitrogens with one attached hydrogen (secondary N) is 1. The molecule has 2 aliphatic carbocycles. The summed E-state index contributed by atoms with van der Waals surface area (Å²) in [6.07, 6.45) is 7.01. The summed E-state index contributed by atoms with van der Waals surface area (Å²) in [5, 5.41) is 3.33. The van der Waals surface area contributed by atoms with Crippen molar-refractivity contribution in [3.8, 4) is 11.5 Å². The summed E-state index contributed by atoms with van der Waals surface area (Å²) in [6, 6.07) is 16.1. The summed E-state index contributed by atoms with van der Waals surface area (Å²) in [7, 11) is 5.56. The number of fused-ring (bicyclic) bond motifs is 2. The molecule has 2 aliphatic rings. The third kappa shape index (κ3) is 9.72. The van der Waals surface area contributed by atoms with Crippen molar-refractivity contribution in [3.05, 3.63) is 59.7 Å². The van der Waals surface area contributed by atoms with Crippen LogP contribution in [0.1, 0.15) is 83.8 Å². The molecule has 2 bridgehead atoms. The first-order valence-corrected chi connectivity index (χ1v) is 16.3. The van der Waals surface area contributed by atoms with Gasteiger partial charge >= 0.3 is 5.97 Å². The lowest BCUT2D eigenvalue weighted by Crippen LogP contribution is -2.58. The highest BCUT2D eigenvalue weighted by molar-refractivity contribution is 5.81. The third-order valence-electron chi connectivity index (χ3n) is 9.25. The molecule has 2 fully saturated rings. The van der Waals surface area contributed by atoms with Crippen molar-refractivity contribution in [1.29, 1.82) is 0 Å². The molecule has 0 spiro atoms. The van der Waals surface area contributed by atoms with E-state index < -0.39 is 6.10 Å². The zero-order valence-electron chi connectivity index (χ0n) is 28.0. The molecule has 2 unspecified atom stereocenters. The predicted octanol–water partition coefficient (Wildman–Crippen LogP) is 6.61. The fourth-order valence-corrected chi connectivity index (χ4v) is 8.77. The molecule has 2 aromatic rings. The molecule has 1 N–H and O–H groups in total. The topological polar surface area (TPSA) is 77.1 Å². The van der Waals surface area contributed by atoms with E-state index in [-0.39, 0.29) is 47.7 Å². The Balaban J connectivity index is 1.28. The Morgan fingerprint density at radius 1 is 0.955 bits per heavy atom. The number of hydrogen-bond acceptors (Lipinski definition) is 6. The number of para-hydroxylation sites is 1. The van der Waals surface area contributed by atoms with Crippen LogP contribution in [0.3, 0.4) is 0 Å². The van der Waals surface area contributed by atoms with Crippen LogP contribution in [0, 0.1) is 16.7 Å². The van der Waals surface area contributed by atoms with Crippen LogP contribution < -0.4 is 14.8 Å². The predicted molar refractivity (Wildman–Crippen MR) is 175 cm³/mol. The maximum absolute atomic E-state index is 13.1. The maximum Gasteiger partial charge on any atom is 0.306 e. The highest BCUT2D eigenvalue weighted by Gasteiger charge is 2.52. The Labute approximate surface area is 265 Å². The molecule has 3 atom stereocenters. The van der Waals surface area contributed by atoms with Gasteiger partial charge in [-0.1, -0.05) is 51.1 Å². The number of benzene rings is 2. The molecule has 242 valence electrons. The summed E-state index contributed by atoms with van der Waals surface area (Å²) < 4.78 is 17.4. The molecule has 7 nitrogen and oxygen atoms in total. The van der Waals surface area contributed by atoms with Crippen LogP contribution in [0.15, 0.2) is 48.5 Å². The van der Waals surface area contributed by atoms with E-state index in [1.54, 1.807) is 7.11 Å². The lowest BCUT2D eigenvalue weighted by atomic mass is 9.50. The van der Waals surface area contributed by atoms with Gasteiger partial charge in [-0.25, -0.2) is 0 Å². The Kier molecular flexibility index (Phi) is 11.0. The standard InChI is InChI=1S/C37H54N2O5/c1-27-20-35(2)24-36(3,21-27)26-37(4,25-35)38-33(40)17-18-34(41)44-31(22-39(5)6)23-43-32-14-9-8-12-29(32)16-15-28-11-10-13-30(19-28)42-7/h8-14,19,27,31H,15-18,20-26H2,1-7H3,(H,38,40)/t27?,31-,35?,36?,37?/m0/s1. The second kappa shape index (κ2) is 14.4. The fourth-order valence-electron chi connectivity index (χ4n) is 8.77. The van der Waals surface area contributed by atoms with Crippen LogP contribution >= 0.6 is 0 Å². The zero-order chi connectivity index (χ0) is 32.0. The Morgan fingerprint density at radius 3 is 2.34 bits per heavy atom. The van der Waals surface area contributed by atoms with Crippen molar-refractivity contribution in [2.75, 3.05) is 34.4 Å². The van der Waals surface area contributed by atoms with Gasteiger partial charge in [-0.2, -0.15) is 0 Å². The van der Waals surface area contributed by atoms with E-state index in [0.29, 0.717) is 6.54 Å². The Bertz CT molecular complexity index is 1260. The lowest BCUT2D eigenvalue weighted by molar-refractivity contribution is -0.152. The van der Waals surface area contributed by atoms with E-state index >= 15 is 0 Å². The monoisotopic (exact) mass is 606 g/mol. The van der Waals surface area contributed by atoms with E-state index in [0.717, 1.165) is 48.7 Å². The number of ether oxygens (including phenoxy) is 3. The van der Waals surface area contributed by atoms with Gasteiger partial charge in [0, 0.05) is 18.5 Å². The smallest absolute Gasteiger partial charge is 0.306 e. The van der Waals surface area contributed by atoms with Crippen molar-refractivity contribution in [3.63, 3.8) is 0 Å². The van der Waals surface area contributed by atoms with Crippen molar-refractivity contribution >= 4 is 11.9 Å². The molecule has 0 saturated heterocycles. The average molecular weight is 607 g/mol. The second-order valence-corrected chi connectivity index (χ2v) is 14.9. The number of esters is 1. The fraction of sp³-hybridized carbons (Fsp3) is 0.622. The van der Waals surface area contributed by atoms with Crippen molar-refractivity contribution in [2.45, 2.75) is 97.1 Å². The molecular formula is C37H54N2O5. The SMILES string of the molecule is COc1cccc(CCc2ccccc2OC[C@H](CN(C)C)OC(=O)CCC(=O)NC2(C)CC3(C)CC(C)CC(C)(C3)C2)c1. The van der Waals surface area contributed by atoms with Gasteiger partial charge in [-0.05, 0) is 112 Å². The van der Waals surface area contributed by atoms with E-state index in [1.165, 1.54) is 24.8 Å².